The Bertz CT molecular complexity index is 971. The van der Waals surface area contributed by atoms with Crippen molar-refractivity contribution in [2.24, 2.45) is 5.92 Å². The van der Waals surface area contributed by atoms with Crippen LogP contribution in [0.15, 0.2) is 53.3 Å². The van der Waals surface area contributed by atoms with Crippen LogP contribution in [0.25, 0.3) is 11.3 Å². The van der Waals surface area contributed by atoms with Gasteiger partial charge in [-0.3, -0.25) is 9.78 Å². The van der Waals surface area contributed by atoms with Gasteiger partial charge in [-0.15, -0.1) is 0 Å². The van der Waals surface area contributed by atoms with E-state index >= 15 is 0 Å². The van der Waals surface area contributed by atoms with Crippen molar-refractivity contribution in [2.75, 3.05) is 20.8 Å². The van der Waals surface area contributed by atoms with Crippen molar-refractivity contribution in [1.82, 2.24) is 15.0 Å². The molecule has 3 heterocycles. The van der Waals surface area contributed by atoms with Gasteiger partial charge in [0, 0.05) is 31.1 Å². The fourth-order valence-electron chi connectivity index (χ4n) is 3.32. The molecule has 0 radical (unpaired) electrons. The monoisotopic (exact) mass is 379 g/mol. The van der Waals surface area contributed by atoms with Gasteiger partial charge < -0.3 is 18.9 Å². The van der Waals surface area contributed by atoms with Gasteiger partial charge in [-0.05, 0) is 42.3 Å². The molecule has 0 saturated carbocycles. The van der Waals surface area contributed by atoms with Crippen LogP contribution in [0.4, 0.5) is 0 Å². The van der Waals surface area contributed by atoms with E-state index < -0.39 is 0 Å². The lowest BCUT2D eigenvalue weighted by atomic mass is 9.95. The van der Waals surface area contributed by atoms with Gasteiger partial charge in [0.05, 0.1) is 19.6 Å². The number of carbonyl (C=O) groups excluding carboxylic acids is 1. The van der Waals surface area contributed by atoms with E-state index in [1.165, 1.54) is 0 Å². The topological polar surface area (TPSA) is 77.7 Å². The van der Waals surface area contributed by atoms with Crippen LogP contribution in [0.1, 0.15) is 11.3 Å². The molecule has 0 saturated heterocycles. The molecule has 0 N–H and O–H groups in total. The number of nitrogens with zero attached hydrogens (tertiary/aromatic N) is 3. The quantitative estimate of drug-likeness (QED) is 0.678. The van der Waals surface area contributed by atoms with E-state index in [2.05, 4.69) is 10.1 Å². The van der Waals surface area contributed by atoms with Gasteiger partial charge in [0.25, 0.3) is 0 Å². The molecule has 4 rings (SSSR count). The predicted molar refractivity (Wildman–Crippen MR) is 102 cm³/mol. The highest BCUT2D eigenvalue weighted by Crippen LogP contribution is 2.31. The molecule has 1 amide bonds. The summed E-state index contributed by atoms with van der Waals surface area (Å²) in [6, 6.07) is 11.2. The van der Waals surface area contributed by atoms with Crippen molar-refractivity contribution >= 4 is 5.91 Å². The third-order valence-corrected chi connectivity index (χ3v) is 4.81. The summed E-state index contributed by atoms with van der Waals surface area (Å²) in [5, 5.41) is 4.07. The largest absolute Gasteiger partial charge is 0.497 e. The van der Waals surface area contributed by atoms with Crippen molar-refractivity contribution in [3.05, 3.63) is 60.1 Å². The fourth-order valence-corrected chi connectivity index (χ4v) is 3.32. The highest BCUT2D eigenvalue weighted by atomic mass is 16.5. The van der Waals surface area contributed by atoms with E-state index in [0.717, 1.165) is 22.6 Å². The lowest BCUT2D eigenvalue weighted by Gasteiger charge is -2.28. The minimum absolute atomic E-state index is 0.00722. The Balaban J connectivity index is 1.42. The molecular weight excluding hydrogens is 358 g/mol. The van der Waals surface area contributed by atoms with Crippen LogP contribution >= 0.6 is 0 Å². The summed E-state index contributed by atoms with van der Waals surface area (Å²) in [4.78, 5) is 18.6. The van der Waals surface area contributed by atoms with E-state index in [9.17, 15) is 4.79 Å². The molecule has 0 spiro atoms. The van der Waals surface area contributed by atoms with Crippen molar-refractivity contribution in [3.63, 3.8) is 0 Å². The molecule has 1 aliphatic rings. The van der Waals surface area contributed by atoms with E-state index in [4.69, 9.17) is 14.0 Å². The zero-order valence-corrected chi connectivity index (χ0v) is 15.8. The molecule has 1 aliphatic heterocycles. The number of amides is 1. The van der Waals surface area contributed by atoms with E-state index in [1.807, 2.05) is 36.4 Å². The first kappa shape index (κ1) is 18.0. The lowest BCUT2D eigenvalue weighted by Crippen LogP contribution is -2.38. The molecule has 2 aromatic heterocycles. The Kier molecular flexibility index (Phi) is 4.97. The molecule has 7 heteroatoms. The number of methoxy groups -OCH3 is 1. The summed E-state index contributed by atoms with van der Waals surface area (Å²) >= 11 is 0. The smallest absolute Gasteiger partial charge is 0.229 e. The Morgan fingerprint density at radius 3 is 3.00 bits per heavy atom. The summed E-state index contributed by atoms with van der Waals surface area (Å²) in [5.41, 5.74) is 2.56. The van der Waals surface area contributed by atoms with Crippen molar-refractivity contribution in [3.8, 4) is 22.8 Å². The van der Waals surface area contributed by atoms with Crippen molar-refractivity contribution in [1.29, 1.82) is 0 Å². The first-order chi connectivity index (χ1) is 13.6. The van der Waals surface area contributed by atoms with Crippen LogP contribution in [0, 0.1) is 5.92 Å². The number of ether oxygens (including phenoxy) is 2. The minimum Gasteiger partial charge on any atom is -0.497 e. The summed E-state index contributed by atoms with van der Waals surface area (Å²) in [6.45, 7) is 0.702. The van der Waals surface area contributed by atoms with Crippen LogP contribution in [0.5, 0.6) is 11.5 Å². The first-order valence-electron chi connectivity index (χ1n) is 9.04. The molecule has 7 nitrogen and oxygen atoms in total. The number of hydrogen-bond donors (Lipinski definition) is 0. The third kappa shape index (κ3) is 3.69. The van der Waals surface area contributed by atoms with Gasteiger partial charge in [0.2, 0.25) is 5.91 Å². The number of aromatic nitrogens is 2. The minimum atomic E-state index is -0.245. The maximum atomic E-state index is 12.9. The highest BCUT2D eigenvalue weighted by molar-refractivity contribution is 5.79. The molecule has 1 unspecified atom stereocenters. The second kappa shape index (κ2) is 7.72. The van der Waals surface area contributed by atoms with Gasteiger partial charge in [0.15, 0.2) is 5.76 Å². The summed E-state index contributed by atoms with van der Waals surface area (Å²) in [7, 11) is 3.38. The summed E-state index contributed by atoms with van der Waals surface area (Å²) in [6.07, 6.45) is 4.05. The zero-order chi connectivity index (χ0) is 19.5. The average Bonchev–Trinajstić information content (AvgIpc) is 3.21. The van der Waals surface area contributed by atoms with Gasteiger partial charge >= 0.3 is 0 Å². The van der Waals surface area contributed by atoms with Crippen molar-refractivity contribution in [2.45, 2.75) is 13.0 Å². The highest BCUT2D eigenvalue weighted by Gasteiger charge is 2.29. The molecule has 144 valence electrons. The van der Waals surface area contributed by atoms with E-state index in [-0.39, 0.29) is 11.8 Å². The first-order valence-corrected chi connectivity index (χ1v) is 9.04. The average molecular weight is 379 g/mol. The molecule has 0 bridgehead atoms. The lowest BCUT2D eigenvalue weighted by molar-refractivity contribution is -0.136. The second-order valence-electron chi connectivity index (χ2n) is 6.80. The summed E-state index contributed by atoms with van der Waals surface area (Å²) < 4.78 is 16.4. The molecule has 3 aromatic rings. The zero-order valence-electron chi connectivity index (χ0n) is 15.8. The normalized spacial score (nSPS) is 15.4. The molecule has 28 heavy (non-hydrogen) atoms. The van der Waals surface area contributed by atoms with Gasteiger partial charge in [-0.1, -0.05) is 5.16 Å². The standard InChI is InChI=1S/C21H21N3O4/c1-24(12-18-10-19(23-28-18)14-4-3-7-22-11-14)21(25)16-8-15-9-17(26-2)5-6-20(15)27-13-16/h3-7,9-11,16H,8,12-13H2,1-2H3. The Morgan fingerprint density at radius 1 is 1.32 bits per heavy atom. The molecule has 0 aliphatic carbocycles. The number of pyridine rings is 1. The fraction of sp³-hybridized carbons (Fsp3) is 0.286. The van der Waals surface area contributed by atoms with Crippen LogP contribution in [-0.4, -0.2) is 41.7 Å². The Labute approximate surface area is 162 Å². The van der Waals surface area contributed by atoms with E-state index in [0.29, 0.717) is 31.0 Å². The molecule has 1 aromatic carbocycles. The molecule has 1 atom stereocenters. The number of hydrogen-bond acceptors (Lipinski definition) is 6. The number of carbonyl (C=O) groups is 1. The Hall–Kier alpha value is -3.35. The maximum Gasteiger partial charge on any atom is 0.229 e. The Morgan fingerprint density at radius 2 is 2.21 bits per heavy atom. The maximum absolute atomic E-state index is 12.9. The summed E-state index contributed by atoms with van der Waals surface area (Å²) in [5.74, 6) is 1.95. The third-order valence-electron chi connectivity index (χ3n) is 4.81. The SMILES string of the molecule is COc1ccc2c(c1)CC(C(=O)N(C)Cc1cc(-c3cccnc3)no1)CO2. The van der Waals surface area contributed by atoms with Crippen LogP contribution in [0.2, 0.25) is 0 Å². The predicted octanol–water partition coefficient (Wildman–Crippen LogP) is 2.95. The second-order valence-corrected chi connectivity index (χ2v) is 6.80. The van der Waals surface area contributed by atoms with Crippen LogP contribution < -0.4 is 9.47 Å². The number of fused-ring (bicyclic) bond motifs is 1. The molecular formula is C21H21N3O4. The van der Waals surface area contributed by atoms with Crippen LogP contribution in [0.3, 0.4) is 0 Å². The molecule has 0 fully saturated rings. The number of benzene rings is 1. The van der Waals surface area contributed by atoms with Gasteiger partial charge in [0.1, 0.15) is 23.8 Å². The number of rotatable bonds is 5. The van der Waals surface area contributed by atoms with Gasteiger partial charge in [-0.25, -0.2) is 0 Å². The van der Waals surface area contributed by atoms with E-state index in [1.54, 1.807) is 31.5 Å². The van der Waals surface area contributed by atoms with Crippen LogP contribution in [-0.2, 0) is 17.8 Å². The van der Waals surface area contributed by atoms with Gasteiger partial charge in [-0.2, -0.15) is 0 Å². The van der Waals surface area contributed by atoms with Crippen molar-refractivity contribution < 1.29 is 18.8 Å².